The van der Waals surface area contributed by atoms with Crippen molar-refractivity contribution in [2.75, 3.05) is 13.7 Å². The van der Waals surface area contributed by atoms with Crippen molar-refractivity contribution in [1.29, 1.82) is 0 Å². The van der Waals surface area contributed by atoms with Crippen molar-refractivity contribution in [2.45, 2.75) is 38.0 Å². The first-order valence-corrected chi connectivity index (χ1v) is 6.49. The number of rotatable bonds is 3. The van der Waals surface area contributed by atoms with E-state index in [-0.39, 0.29) is 11.6 Å². The molecule has 4 nitrogen and oxygen atoms in total. The molecular formula is C15H19NO3. The van der Waals surface area contributed by atoms with Gasteiger partial charge < -0.3 is 14.2 Å². The average molecular weight is 261 g/mol. The molecule has 102 valence electrons. The SMILES string of the molecule is COc1ccc(C2O[C@]2(C)C2=NC(C)(C)CO2)cc1. The molecular weight excluding hydrogens is 242 g/mol. The van der Waals surface area contributed by atoms with Gasteiger partial charge in [0.1, 0.15) is 18.5 Å². The van der Waals surface area contributed by atoms with Crippen molar-refractivity contribution in [3.05, 3.63) is 29.8 Å². The van der Waals surface area contributed by atoms with Gasteiger partial charge in [-0.1, -0.05) is 12.1 Å². The molecule has 4 heteroatoms. The molecule has 3 rings (SSSR count). The number of epoxide rings is 1. The highest BCUT2D eigenvalue weighted by molar-refractivity contribution is 5.90. The topological polar surface area (TPSA) is 43.3 Å². The lowest BCUT2D eigenvalue weighted by molar-refractivity contribution is 0.251. The van der Waals surface area contributed by atoms with E-state index in [1.807, 2.05) is 31.2 Å². The van der Waals surface area contributed by atoms with Crippen LogP contribution in [-0.4, -0.2) is 30.8 Å². The maximum absolute atomic E-state index is 5.84. The molecule has 1 aromatic rings. The Bertz CT molecular complexity index is 521. The molecule has 0 radical (unpaired) electrons. The fraction of sp³-hybridized carbons (Fsp3) is 0.533. The van der Waals surface area contributed by atoms with Crippen molar-refractivity contribution in [2.24, 2.45) is 4.99 Å². The molecule has 2 heterocycles. The Morgan fingerprint density at radius 1 is 1.21 bits per heavy atom. The third-order valence-corrected chi connectivity index (χ3v) is 3.62. The number of ether oxygens (including phenoxy) is 3. The second-order valence-electron chi connectivity index (χ2n) is 5.90. The van der Waals surface area contributed by atoms with Gasteiger partial charge >= 0.3 is 0 Å². The van der Waals surface area contributed by atoms with Crippen molar-refractivity contribution in [3.63, 3.8) is 0 Å². The Morgan fingerprint density at radius 2 is 1.89 bits per heavy atom. The predicted octanol–water partition coefficient (Wildman–Crippen LogP) is 2.73. The van der Waals surface area contributed by atoms with E-state index >= 15 is 0 Å². The summed E-state index contributed by atoms with van der Waals surface area (Å²) in [6.45, 7) is 6.78. The smallest absolute Gasteiger partial charge is 0.220 e. The molecule has 1 saturated heterocycles. The van der Waals surface area contributed by atoms with Gasteiger partial charge in [-0.05, 0) is 38.5 Å². The first kappa shape index (κ1) is 12.5. The Balaban J connectivity index is 1.79. The fourth-order valence-electron chi connectivity index (χ4n) is 2.38. The van der Waals surface area contributed by atoms with Crippen molar-refractivity contribution < 1.29 is 14.2 Å². The summed E-state index contributed by atoms with van der Waals surface area (Å²) in [6.07, 6.45) is 0.0195. The molecule has 0 saturated carbocycles. The summed E-state index contributed by atoms with van der Waals surface area (Å²) >= 11 is 0. The lowest BCUT2D eigenvalue weighted by Gasteiger charge is -2.07. The highest BCUT2D eigenvalue weighted by Crippen LogP contribution is 2.52. The average Bonchev–Trinajstić information content (AvgIpc) is 2.94. The summed E-state index contributed by atoms with van der Waals surface area (Å²) in [5.74, 6) is 1.57. The molecule has 0 bridgehead atoms. The zero-order valence-corrected chi connectivity index (χ0v) is 11.8. The summed E-state index contributed by atoms with van der Waals surface area (Å²) in [7, 11) is 1.66. The monoisotopic (exact) mass is 261 g/mol. The van der Waals surface area contributed by atoms with Gasteiger partial charge in [0.2, 0.25) is 5.90 Å². The minimum absolute atomic E-state index is 0.0195. The van der Waals surface area contributed by atoms with E-state index in [0.29, 0.717) is 6.61 Å². The van der Waals surface area contributed by atoms with Crippen LogP contribution in [0.25, 0.3) is 0 Å². The maximum atomic E-state index is 5.84. The number of hydrogen-bond donors (Lipinski definition) is 0. The van der Waals surface area contributed by atoms with Crippen LogP contribution in [0.5, 0.6) is 5.75 Å². The maximum Gasteiger partial charge on any atom is 0.220 e. The molecule has 2 aliphatic rings. The first-order valence-electron chi connectivity index (χ1n) is 6.49. The predicted molar refractivity (Wildman–Crippen MR) is 72.7 cm³/mol. The second kappa shape index (κ2) is 3.97. The molecule has 0 amide bonds. The van der Waals surface area contributed by atoms with E-state index in [4.69, 9.17) is 14.2 Å². The summed E-state index contributed by atoms with van der Waals surface area (Å²) in [5.41, 5.74) is 0.566. The van der Waals surface area contributed by atoms with E-state index in [1.165, 1.54) is 0 Å². The first-order chi connectivity index (χ1) is 8.94. The van der Waals surface area contributed by atoms with Crippen molar-refractivity contribution in [3.8, 4) is 5.75 Å². The zero-order valence-electron chi connectivity index (χ0n) is 11.8. The summed E-state index contributed by atoms with van der Waals surface area (Å²) in [4.78, 5) is 4.61. The minimum Gasteiger partial charge on any atom is -0.497 e. The molecule has 0 spiro atoms. The normalized spacial score (nSPS) is 31.6. The van der Waals surface area contributed by atoms with Crippen LogP contribution in [0.4, 0.5) is 0 Å². The molecule has 1 aromatic carbocycles. The quantitative estimate of drug-likeness (QED) is 0.786. The third-order valence-electron chi connectivity index (χ3n) is 3.62. The van der Waals surface area contributed by atoms with Crippen LogP contribution in [0.1, 0.15) is 32.4 Å². The Labute approximate surface area is 113 Å². The van der Waals surface area contributed by atoms with Gasteiger partial charge in [0.05, 0.1) is 12.6 Å². The zero-order chi connectivity index (χ0) is 13.7. The Kier molecular flexibility index (Phi) is 2.61. The van der Waals surface area contributed by atoms with Gasteiger partial charge in [-0.25, -0.2) is 4.99 Å². The van der Waals surface area contributed by atoms with E-state index in [2.05, 4.69) is 18.8 Å². The van der Waals surface area contributed by atoms with Crippen LogP contribution >= 0.6 is 0 Å². The molecule has 1 unspecified atom stereocenters. The van der Waals surface area contributed by atoms with Gasteiger partial charge in [0.25, 0.3) is 0 Å². The van der Waals surface area contributed by atoms with Crippen molar-refractivity contribution in [1.82, 2.24) is 0 Å². The molecule has 2 atom stereocenters. The largest absolute Gasteiger partial charge is 0.497 e. The van der Waals surface area contributed by atoms with E-state index < -0.39 is 5.60 Å². The minimum atomic E-state index is -0.414. The second-order valence-corrected chi connectivity index (χ2v) is 5.90. The van der Waals surface area contributed by atoms with E-state index in [1.54, 1.807) is 7.11 Å². The third kappa shape index (κ3) is 2.10. The van der Waals surface area contributed by atoms with Crippen molar-refractivity contribution >= 4 is 5.90 Å². The Hall–Kier alpha value is -1.55. The van der Waals surface area contributed by atoms with E-state index in [9.17, 15) is 0 Å². The summed E-state index contributed by atoms with van der Waals surface area (Å²) < 4.78 is 16.7. The molecule has 0 aromatic heterocycles. The summed E-state index contributed by atoms with van der Waals surface area (Å²) in [5, 5.41) is 0. The van der Waals surface area contributed by atoms with Crippen LogP contribution in [0, 0.1) is 0 Å². The van der Waals surface area contributed by atoms with Gasteiger partial charge in [0.15, 0.2) is 5.60 Å². The molecule has 1 fully saturated rings. The van der Waals surface area contributed by atoms with Crippen LogP contribution in [0.15, 0.2) is 29.3 Å². The van der Waals surface area contributed by atoms with Crippen LogP contribution in [-0.2, 0) is 9.47 Å². The molecule has 0 N–H and O–H groups in total. The lowest BCUT2D eigenvalue weighted by atomic mass is 10.0. The number of methoxy groups -OCH3 is 1. The highest BCUT2D eigenvalue weighted by Gasteiger charge is 2.60. The fourth-order valence-corrected chi connectivity index (χ4v) is 2.38. The van der Waals surface area contributed by atoms with Gasteiger partial charge in [-0.3, -0.25) is 0 Å². The number of benzene rings is 1. The van der Waals surface area contributed by atoms with Crippen LogP contribution < -0.4 is 4.74 Å². The molecule has 2 aliphatic heterocycles. The van der Waals surface area contributed by atoms with Crippen LogP contribution in [0.2, 0.25) is 0 Å². The molecule has 19 heavy (non-hydrogen) atoms. The number of nitrogens with zero attached hydrogens (tertiary/aromatic N) is 1. The van der Waals surface area contributed by atoms with E-state index in [0.717, 1.165) is 17.2 Å². The number of aliphatic imine (C=N–C) groups is 1. The molecule has 0 aliphatic carbocycles. The lowest BCUT2D eigenvalue weighted by Crippen LogP contribution is -2.21. The van der Waals surface area contributed by atoms with Crippen LogP contribution in [0.3, 0.4) is 0 Å². The highest BCUT2D eigenvalue weighted by atomic mass is 16.6. The standard InChI is InChI=1S/C15H19NO3/c1-14(2)9-18-13(16-14)15(3)12(19-15)10-5-7-11(17-4)8-6-10/h5-8,12H,9H2,1-4H3/t12?,15-/m0/s1. The van der Waals surface area contributed by atoms with Gasteiger partial charge in [-0.15, -0.1) is 0 Å². The van der Waals surface area contributed by atoms with Gasteiger partial charge in [0, 0.05) is 0 Å². The summed E-state index contributed by atoms with van der Waals surface area (Å²) in [6, 6.07) is 7.93. The Morgan fingerprint density at radius 3 is 2.42 bits per heavy atom. The van der Waals surface area contributed by atoms with Gasteiger partial charge in [-0.2, -0.15) is 0 Å². The number of hydrogen-bond acceptors (Lipinski definition) is 4.